The lowest BCUT2D eigenvalue weighted by Crippen LogP contribution is -2.11. The summed E-state index contributed by atoms with van der Waals surface area (Å²) in [7, 11) is -3.80. The Balaban J connectivity index is 2.11. The molecule has 134 valence electrons. The second-order valence-corrected chi connectivity index (χ2v) is 6.91. The number of hydrogen-bond acceptors (Lipinski definition) is 6. The van der Waals surface area contributed by atoms with Crippen LogP contribution in [0.2, 0.25) is 0 Å². The first-order chi connectivity index (χ1) is 12.4. The van der Waals surface area contributed by atoms with E-state index in [2.05, 4.69) is 4.98 Å². The van der Waals surface area contributed by atoms with Crippen molar-refractivity contribution >= 4 is 16.0 Å². The van der Waals surface area contributed by atoms with E-state index in [1.54, 1.807) is 19.1 Å². The fraction of sp³-hybridized carbons (Fsp3) is 0.111. The Labute approximate surface area is 150 Å². The van der Waals surface area contributed by atoms with E-state index in [9.17, 15) is 13.2 Å². The molecule has 7 nitrogen and oxygen atoms in total. The predicted octanol–water partition coefficient (Wildman–Crippen LogP) is 2.83. The van der Waals surface area contributed by atoms with Crippen molar-refractivity contribution in [2.45, 2.75) is 11.8 Å². The molecule has 3 rings (SSSR count). The molecule has 0 saturated heterocycles. The van der Waals surface area contributed by atoms with E-state index in [1.807, 2.05) is 30.3 Å². The van der Waals surface area contributed by atoms with Gasteiger partial charge in [0.15, 0.2) is 5.76 Å². The lowest BCUT2D eigenvalue weighted by molar-refractivity contribution is 0.0482. The average molecular weight is 372 g/mol. The minimum Gasteiger partial charge on any atom is -0.459 e. The van der Waals surface area contributed by atoms with Crippen molar-refractivity contribution in [1.29, 1.82) is 0 Å². The van der Waals surface area contributed by atoms with Crippen LogP contribution < -0.4 is 5.14 Å². The van der Waals surface area contributed by atoms with E-state index in [1.165, 1.54) is 12.1 Å². The topological polar surface area (TPSA) is 112 Å². The number of rotatable bonds is 5. The van der Waals surface area contributed by atoms with Gasteiger partial charge in [0.1, 0.15) is 5.69 Å². The van der Waals surface area contributed by atoms with Crippen LogP contribution in [0.3, 0.4) is 0 Å². The molecule has 0 amide bonds. The lowest BCUT2D eigenvalue weighted by Gasteiger charge is -2.03. The number of carbonyl (C=O) groups is 1. The summed E-state index contributed by atoms with van der Waals surface area (Å²) in [6.45, 7) is 1.88. The Hall–Kier alpha value is -2.97. The van der Waals surface area contributed by atoms with Crippen molar-refractivity contribution in [2.24, 2.45) is 5.14 Å². The molecule has 8 heteroatoms. The molecule has 0 aliphatic heterocycles. The van der Waals surface area contributed by atoms with Crippen molar-refractivity contribution < 1.29 is 22.4 Å². The van der Waals surface area contributed by atoms with Gasteiger partial charge in [-0.15, -0.1) is 0 Å². The molecule has 0 unspecified atom stereocenters. The van der Waals surface area contributed by atoms with Gasteiger partial charge in [-0.2, -0.15) is 0 Å². The summed E-state index contributed by atoms with van der Waals surface area (Å²) < 4.78 is 33.4. The Kier molecular flexibility index (Phi) is 4.88. The number of aromatic nitrogens is 1. The first kappa shape index (κ1) is 17.8. The summed E-state index contributed by atoms with van der Waals surface area (Å²) >= 11 is 0. The van der Waals surface area contributed by atoms with Gasteiger partial charge >= 0.3 is 11.9 Å². The van der Waals surface area contributed by atoms with Gasteiger partial charge in [0.05, 0.1) is 11.5 Å². The maximum Gasteiger partial charge on any atom is 0.394 e. The molecule has 26 heavy (non-hydrogen) atoms. The number of hydrogen-bond donors (Lipinski definition) is 1. The normalized spacial score (nSPS) is 11.3. The fourth-order valence-corrected chi connectivity index (χ4v) is 2.90. The van der Waals surface area contributed by atoms with Gasteiger partial charge in [0, 0.05) is 11.1 Å². The van der Waals surface area contributed by atoms with Gasteiger partial charge in [-0.25, -0.2) is 23.3 Å². The van der Waals surface area contributed by atoms with Crippen LogP contribution in [0.25, 0.3) is 22.6 Å². The number of ether oxygens (including phenoxy) is 1. The maximum atomic E-state index is 12.0. The fourth-order valence-electron chi connectivity index (χ4n) is 2.38. The van der Waals surface area contributed by atoms with Gasteiger partial charge in [0.25, 0.3) is 0 Å². The second kappa shape index (κ2) is 7.11. The summed E-state index contributed by atoms with van der Waals surface area (Å²) in [5.74, 6) is -0.506. The largest absolute Gasteiger partial charge is 0.459 e. The molecule has 0 radical (unpaired) electrons. The highest BCUT2D eigenvalue weighted by molar-refractivity contribution is 7.89. The van der Waals surface area contributed by atoms with Crippen molar-refractivity contribution in [2.75, 3.05) is 6.61 Å². The third-order valence-corrected chi connectivity index (χ3v) is 4.50. The van der Waals surface area contributed by atoms with Crippen LogP contribution in [-0.4, -0.2) is 26.0 Å². The number of primary sulfonamides is 1. The zero-order valence-corrected chi connectivity index (χ0v) is 14.7. The third-order valence-electron chi connectivity index (χ3n) is 3.57. The third kappa shape index (κ3) is 3.66. The van der Waals surface area contributed by atoms with Crippen LogP contribution in [0, 0.1) is 0 Å². The molecule has 0 atom stereocenters. The standard InChI is InChI=1S/C18H16N2O5S/c1-2-24-18(21)17-20-15(12-6-4-3-5-7-12)16(25-17)13-8-10-14(11-9-13)26(19,22)23/h3-11H,2H2,1H3,(H2,19,22,23). The number of benzene rings is 2. The smallest absolute Gasteiger partial charge is 0.394 e. The number of oxazole rings is 1. The van der Waals surface area contributed by atoms with Crippen molar-refractivity contribution in [3.63, 3.8) is 0 Å². The SMILES string of the molecule is CCOC(=O)c1nc(-c2ccccc2)c(-c2ccc(S(N)(=O)=O)cc2)o1. The summed E-state index contributed by atoms with van der Waals surface area (Å²) in [4.78, 5) is 16.2. The lowest BCUT2D eigenvalue weighted by atomic mass is 10.1. The molecule has 0 spiro atoms. The van der Waals surface area contributed by atoms with Gasteiger partial charge in [-0.05, 0) is 31.2 Å². The van der Waals surface area contributed by atoms with E-state index >= 15 is 0 Å². The summed E-state index contributed by atoms with van der Waals surface area (Å²) in [6, 6.07) is 15.0. The zero-order chi connectivity index (χ0) is 18.7. The second-order valence-electron chi connectivity index (χ2n) is 5.35. The molecule has 0 bridgehead atoms. The summed E-state index contributed by atoms with van der Waals surface area (Å²) in [6.07, 6.45) is 0. The number of sulfonamides is 1. The highest BCUT2D eigenvalue weighted by Crippen LogP contribution is 2.33. The van der Waals surface area contributed by atoms with E-state index in [0.29, 0.717) is 17.0 Å². The quantitative estimate of drug-likeness (QED) is 0.689. The van der Waals surface area contributed by atoms with Crippen LogP contribution >= 0.6 is 0 Å². The highest BCUT2D eigenvalue weighted by Gasteiger charge is 2.22. The maximum absolute atomic E-state index is 12.0. The monoisotopic (exact) mass is 372 g/mol. The van der Waals surface area contributed by atoms with Gasteiger partial charge < -0.3 is 9.15 Å². The Morgan fingerprint density at radius 3 is 2.31 bits per heavy atom. The van der Waals surface area contributed by atoms with Gasteiger partial charge in [0.2, 0.25) is 10.0 Å². The van der Waals surface area contributed by atoms with Gasteiger partial charge in [-0.1, -0.05) is 30.3 Å². The molecule has 2 N–H and O–H groups in total. The number of carbonyl (C=O) groups excluding carboxylic acids is 1. The van der Waals surface area contributed by atoms with Crippen LogP contribution in [-0.2, 0) is 14.8 Å². The first-order valence-corrected chi connectivity index (χ1v) is 9.31. The van der Waals surface area contributed by atoms with E-state index in [0.717, 1.165) is 5.56 Å². The Morgan fingerprint density at radius 1 is 1.08 bits per heavy atom. The molecular weight excluding hydrogens is 356 g/mol. The minimum absolute atomic E-state index is 0.0207. The van der Waals surface area contributed by atoms with Crippen LogP contribution in [0.1, 0.15) is 17.6 Å². The van der Waals surface area contributed by atoms with Crippen molar-refractivity contribution in [3.8, 4) is 22.6 Å². The van der Waals surface area contributed by atoms with Crippen molar-refractivity contribution in [3.05, 3.63) is 60.5 Å². The summed E-state index contributed by atoms with van der Waals surface area (Å²) in [5.41, 5.74) is 1.76. The van der Waals surface area contributed by atoms with Crippen molar-refractivity contribution in [1.82, 2.24) is 4.98 Å². The van der Waals surface area contributed by atoms with Gasteiger partial charge in [-0.3, -0.25) is 0 Å². The Bertz CT molecular complexity index is 1030. The molecule has 3 aromatic rings. The molecule has 1 heterocycles. The molecule has 0 aliphatic rings. The van der Waals surface area contributed by atoms with E-state index in [4.69, 9.17) is 14.3 Å². The number of nitrogens with zero attached hydrogens (tertiary/aromatic N) is 1. The molecule has 1 aromatic heterocycles. The molecule has 2 aromatic carbocycles. The number of nitrogens with two attached hydrogens (primary N) is 1. The van der Waals surface area contributed by atoms with Crippen LogP contribution in [0.5, 0.6) is 0 Å². The Morgan fingerprint density at radius 2 is 1.73 bits per heavy atom. The van der Waals surface area contributed by atoms with Crippen LogP contribution in [0.4, 0.5) is 0 Å². The molecular formula is C18H16N2O5S. The average Bonchev–Trinajstić information content (AvgIpc) is 3.07. The molecule has 0 aliphatic carbocycles. The minimum atomic E-state index is -3.80. The first-order valence-electron chi connectivity index (χ1n) is 7.76. The molecule has 0 saturated carbocycles. The predicted molar refractivity (Wildman–Crippen MR) is 94.7 cm³/mol. The number of esters is 1. The molecule has 0 fully saturated rings. The van der Waals surface area contributed by atoms with E-state index in [-0.39, 0.29) is 17.4 Å². The zero-order valence-electron chi connectivity index (χ0n) is 13.9. The van der Waals surface area contributed by atoms with E-state index < -0.39 is 16.0 Å². The van der Waals surface area contributed by atoms with Crippen LogP contribution in [0.15, 0.2) is 63.9 Å². The summed E-state index contributed by atoms with van der Waals surface area (Å²) in [5, 5.41) is 5.12. The highest BCUT2D eigenvalue weighted by atomic mass is 32.2.